The average molecular weight is 375 g/mol. The van der Waals surface area contributed by atoms with Crippen molar-refractivity contribution in [2.45, 2.75) is 51.7 Å². The molecule has 118 valence electrons. The maximum atomic E-state index is 10.4. The maximum Gasteiger partial charge on any atom is 0.0816 e. The summed E-state index contributed by atoms with van der Waals surface area (Å²) in [6, 6.07) is 6.43. The van der Waals surface area contributed by atoms with Crippen LogP contribution in [0.25, 0.3) is 0 Å². The van der Waals surface area contributed by atoms with E-state index in [-0.39, 0.29) is 0 Å². The monoisotopic (exact) mass is 373 g/mol. The third-order valence-electron chi connectivity index (χ3n) is 4.07. The highest BCUT2D eigenvalue weighted by atomic mass is 79.9. The van der Waals surface area contributed by atoms with Crippen LogP contribution in [0.3, 0.4) is 0 Å². The fourth-order valence-electron chi connectivity index (χ4n) is 2.56. The van der Waals surface area contributed by atoms with Gasteiger partial charge in [-0.2, -0.15) is 0 Å². The van der Waals surface area contributed by atoms with Crippen molar-refractivity contribution < 1.29 is 5.11 Å². The van der Waals surface area contributed by atoms with E-state index in [0.717, 1.165) is 41.5 Å². The van der Waals surface area contributed by atoms with E-state index in [1.807, 2.05) is 18.2 Å². The minimum Gasteiger partial charge on any atom is -0.388 e. The summed E-state index contributed by atoms with van der Waals surface area (Å²) in [5.74, 6) is 0.733. The van der Waals surface area contributed by atoms with Gasteiger partial charge in [-0.15, -0.1) is 0 Å². The molecule has 1 aromatic rings. The first kappa shape index (κ1) is 17.3. The van der Waals surface area contributed by atoms with E-state index < -0.39 is 6.10 Å². The van der Waals surface area contributed by atoms with E-state index in [1.165, 1.54) is 19.3 Å². The van der Waals surface area contributed by atoms with Gasteiger partial charge in [0.2, 0.25) is 0 Å². The van der Waals surface area contributed by atoms with E-state index >= 15 is 0 Å². The van der Waals surface area contributed by atoms with Crippen LogP contribution >= 0.6 is 27.5 Å². The maximum absolute atomic E-state index is 10.4. The fourth-order valence-corrected chi connectivity index (χ4v) is 3.36. The quantitative estimate of drug-likeness (QED) is 0.689. The second-order valence-electron chi connectivity index (χ2n) is 6.42. The first-order valence-corrected chi connectivity index (χ1v) is 9.01. The topological polar surface area (TPSA) is 23.5 Å². The molecule has 0 bridgehead atoms. The molecule has 1 fully saturated rings. The number of aliphatic hydroxyl groups excluding tert-OH is 1. The minimum atomic E-state index is -0.481. The van der Waals surface area contributed by atoms with Gasteiger partial charge in [-0.3, -0.25) is 0 Å². The van der Waals surface area contributed by atoms with Crippen LogP contribution in [0.1, 0.15) is 51.2 Å². The van der Waals surface area contributed by atoms with Gasteiger partial charge in [0.15, 0.2) is 0 Å². The van der Waals surface area contributed by atoms with Crippen LogP contribution in [0.15, 0.2) is 22.7 Å². The molecule has 1 atom stereocenters. The molecule has 1 unspecified atom stereocenters. The van der Waals surface area contributed by atoms with Crippen LogP contribution < -0.4 is 0 Å². The Hall–Kier alpha value is -0.0900. The normalized spacial score (nSPS) is 16.7. The molecule has 2 rings (SSSR count). The Kier molecular flexibility index (Phi) is 6.54. The van der Waals surface area contributed by atoms with Crippen molar-refractivity contribution in [1.82, 2.24) is 4.90 Å². The molecule has 0 spiro atoms. The van der Waals surface area contributed by atoms with Crippen LogP contribution in [-0.4, -0.2) is 29.1 Å². The third-order valence-corrected chi connectivity index (χ3v) is 4.89. The highest BCUT2D eigenvalue weighted by molar-refractivity contribution is 9.10. The third kappa shape index (κ3) is 5.55. The number of benzene rings is 1. The van der Waals surface area contributed by atoms with Crippen LogP contribution in [0.4, 0.5) is 0 Å². The van der Waals surface area contributed by atoms with Gasteiger partial charge >= 0.3 is 0 Å². The Morgan fingerprint density at radius 1 is 1.29 bits per heavy atom. The van der Waals surface area contributed by atoms with Crippen molar-refractivity contribution in [3.8, 4) is 0 Å². The van der Waals surface area contributed by atoms with Gasteiger partial charge in [-0.1, -0.05) is 47.4 Å². The summed E-state index contributed by atoms with van der Waals surface area (Å²) in [4.78, 5) is 2.54. The Labute approximate surface area is 141 Å². The summed E-state index contributed by atoms with van der Waals surface area (Å²) < 4.78 is 0.944. The van der Waals surface area contributed by atoms with Gasteiger partial charge in [-0.25, -0.2) is 0 Å². The van der Waals surface area contributed by atoms with E-state index in [9.17, 15) is 5.11 Å². The average Bonchev–Trinajstić information content (AvgIpc) is 3.22. The number of hydrogen-bond acceptors (Lipinski definition) is 2. The molecule has 1 aromatic carbocycles. The minimum absolute atomic E-state index is 0.481. The Bertz CT molecular complexity index is 462. The Morgan fingerprint density at radius 3 is 2.52 bits per heavy atom. The van der Waals surface area contributed by atoms with Crippen LogP contribution in [0, 0.1) is 5.92 Å². The predicted molar refractivity (Wildman–Crippen MR) is 92.8 cm³/mol. The molecule has 0 saturated heterocycles. The molecule has 0 aromatic heterocycles. The lowest BCUT2D eigenvalue weighted by Crippen LogP contribution is -2.30. The highest BCUT2D eigenvalue weighted by Crippen LogP contribution is 2.31. The zero-order valence-electron chi connectivity index (χ0n) is 12.9. The standard InChI is InChI=1S/C17H25BrClNO/c1-12(2)7-9-20(14-4-5-14)10-8-17(21)15-6-3-13(18)11-16(15)19/h3,6,11-12,14,17,21H,4-5,7-10H2,1-2H3. The fraction of sp³-hybridized carbons (Fsp3) is 0.647. The number of rotatable bonds is 8. The van der Waals surface area contributed by atoms with Crippen molar-refractivity contribution in [2.24, 2.45) is 5.92 Å². The first-order chi connectivity index (χ1) is 9.97. The summed E-state index contributed by atoms with van der Waals surface area (Å²) in [6.07, 6.45) is 4.12. The van der Waals surface area contributed by atoms with Gasteiger partial charge in [-0.05, 0) is 55.8 Å². The van der Waals surface area contributed by atoms with Crippen molar-refractivity contribution in [1.29, 1.82) is 0 Å². The molecule has 4 heteroatoms. The number of nitrogens with zero attached hydrogens (tertiary/aromatic N) is 1. The summed E-state index contributed by atoms with van der Waals surface area (Å²) in [6.45, 7) is 6.62. The molecule has 1 aliphatic rings. The molecule has 2 nitrogen and oxygen atoms in total. The Morgan fingerprint density at radius 2 is 1.95 bits per heavy atom. The van der Waals surface area contributed by atoms with Gasteiger partial charge in [0.05, 0.1) is 6.10 Å². The van der Waals surface area contributed by atoms with Crippen molar-refractivity contribution in [3.63, 3.8) is 0 Å². The number of aliphatic hydroxyl groups is 1. The van der Waals surface area contributed by atoms with Crippen LogP contribution in [0.5, 0.6) is 0 Å². The molecule has 1 aliphatic carbocycles. The Balaban J connectivity index is 1.87. The second-order valence-corrected chi connectivity index (χ2v) is 7.74. The zero-order valence-corrected chi connectivity index (χ0v) is 15.2. The van der Waals surface area contributed by atoms with Gasteiger partial charge in [0.1, 0.15) is 0 Å². The second kappa shape index (κ2) is 7.96. The van der Waals surface area contributed by atoms with E-state index in [1.54, 1.807) is 0 Å². The summed E-state index contributed by atoms with van der Waals surface area (Å²) in [5, 5.41) is 11.0. The van der Waals surface area contributed by atoms with E-state index in [4.69, 9.17) is 11.6 Å². The number of halogens is 2. The van der Waals surface area contributed by atoms with Crippen LogP contribution in [0.2, 0.25) is 5.02 Å². The van der Waals surface area contributed by atoms with Gasteiger partial charge in [0.25, 0.3) is 0 Å². The molecule has 1 saturated carbocycles. The molecule has 0 heterocycles. The highest BCUT2D eigenvalue weighted by Gasteiger charge is 2.29. The predicted octanol–water partition coefficient (Wildman–Crippen LogP) is 5.04. The summed E-state index contributed by atoms with van der Waals surface area (Å²) >= 11 is 9.61. The summed E-state index contributed by atoms with van der Waals surface area (Å²) in [7, 11) is 0. The molecule has 21 heavy (non-hydrogen) atoms. The summed E-state index contributed by atoms with van der Waals surface area (Å²) in [5.41, 5.74) is 0.833. The molecule has 0 amide bonds. The molecule has 0 radical (unpaired) electrons. The van der Waals surface area contributed by atoms with Crippen molar-refractivity contribution in [3.05, 3.63) is 33.3 Å². The lowest BCUT2D eigenvalue weighted by molar-refractivity contribution is 0.137. The van der Waals surface area contributed by atoms with Crippen molar-refractivity contribution in [2.75, 3.05) is 13.1 Å². The largest absolute Gasteiger partial charge is 0.388 e. The van der Waals surface area contributed by atoms with Gasteiger partial charge in [0, 0.05) is 22.1 Å². The van der Waals surface area contributed by atoms with Crippen LogP contribution in [-0.2, 0) is 0 Å². The number of hydrogen-bond donors (Lipinski definition) is 1. The SMILES string of the molecule is CC(C)CCN(CCC(O)c1ccc(Br)cc1Cl)C1CC1. The zero-order chi connectivity index (χ0) is 15.4. The molecule has 0 aliphatic heterocycles. The first-order valence-electron chi connectivity index (χ1n) is 7.84. The molecule has 1 N–H and O–H groups in total. The lowest BCUT2D eigenvalue weighted by Gasteiger charge is -2.24. The lowest BCUT2D eigenvalue weighted by atomic mass is 10.1. The van der Waals surface area contributed by atoms with Gasteiger partial charge < -0.3 is 10.0 Å². The molecular formula is C17H25BrClNO. The van der Waals surface area contributed by atoms with E-state index in [0.29, 0.717) is 5.02 Å². The van der Waals surface area contributed by atoms with Crippen molar-refractivity contribution >= 4 is 27.5 Å². The van der Waals surface area contributed by atoms with E-state index in [2.05, 4.69) is 34.7 Å². The molecular weight excluding hydrogens is 350 g/mol. The smallest absolute Gasteiger partial charge is 0.0816 e.